The van der Waals surface area contributed by atoms with Crippen molar-refractivity contribution in [2.75, 3.05) is 25.2 Å². The Bertz CT molecular complexity index is 1470. The van der Waals surface area contributed by atoms with Crippen LogP contribution in [0, 0.1) is 18.8 Å². The number of hydrogen-bond acceptors (Lipinski definition) is 8. The normalized spacial score (nSPS) is 20.3. The van der Waals surface area contributed by atoms with Gasteiger partial charge in [0.05, 0.1) is 11.7 Å². The van der Waals surface area contributed by atoms with Gasteiger partial charge in [-0.3, -0.25) is 14.2 Å². The maximum absolute atomic E-state index is 13.6. The number of rotatable bonds is 5. The van der Waals surface area contributed by atoms with Crippen LogP contribution in [0.2, 0.25) is 0 Å². The molecular formula is C23H26N4O6S2. The van der Waals surface area contributed by atoms with Gasteiger partial charge in [-0.25, -0.2) is 13.4 Å². The van der Waals surface area contributed by atoms with Gasteiger partial charge in [-0.2, -0.15) is 4.31 Å². The van der Waals surface area contributed by atoms with Crippen molar-refractivity contribution in [2.45, 2.75) is 38.6 Å². The SMILES string of the molecule is Cc1sc2ncn(CC(=O)Nc3ccc4c(c3)OCO4)c(=O)c2c1S(=O)(=O)N1C[C@@H](C)C[C@H](C)C1. The molecule has 10 nitrogen and oxygen atoms in total. The molecule has 1 aromatic carbocycles. The topological polar surface area (TPSA) is 120 Å². The number of hydrogen-bond donors (Lipinski definition) is 1. The minimum absolute atomic E-state index is 0.00169. The van der Waals surface area contributed by atoms with Crippen molar-refractivity contribution in [3.63, 3.8) is 0 Å². The summed E-state index contributed by atoms with van der Waals surface area (Å²) in [6.45, 7) is 6.38. The lowest BCUT2D eigenvalue weighted by Gasteiger charge is -2.34. The highest BCUT2D eigenvalue weighted by Gasteiger charge is 2.35. The third-order valence-electron chi connectivity index (χ3n) is 6.20. The second-order valence-corrected chi connectivity index (χ2v) is 12.3. The highest BCUT2D eigenvalue weighted by molar-refractivity contribution is 7.89. The van der Waals surface area contributed by atoms with Crippen LogP contribution in [0.4, 0.5) is 5.69 Å². The molecule has 0 unspecified atom stereocenters. The van der Waals surface area contributed by atoms with Gasteiger partial charge in [0.15, 0.2) is 11.5 Å². The summed E-state index contributed by atoms with van der Waals surface area (Å²) in [7, 11) is -3.90. The minimum atomic E-state index is -3.90. The molecule has 2 atom stereocenters. The lowest BCUT2D eigenvalue weighted by Crippen LogP contribution is -2.42. The third-order valence-corrected chi connectivity index (χ3v) is 9.35. The van der Waals surface area contributed by atoms with E-state index in [1.54, 1.807) is 25.1 Å². The molecule has 0 radical (unpaired) electrons. The zero-order valence-electron chi connectivity index (χ0n) is 19.6. The van der Waals surface area contributed by atoms with Crippen molar-refractivity contribution in [3.8, 4) is 11.5 Å². The minimum Gasteiger partial charge on any atom is -0.454 e. The number of benzene rings is 1. The average molecular weight is 519 g/mol. The summed E-state index contributed by atoms with van der Waals surface area (Å²) in [5, 5.41) is 2.76. The molecule has 5 rings (SSSR count). The Morgan fingerprint density at radius 1 is 1.20 bits per heavy atom. The zero-order valence-corrected chi connectivity index (χ0v) is 21.2. The van der Waals surface area contributed by atoms with Gasteiger partial charge in [-0.1, -0.05) is 13.8 Å². The fourth-order valence-corrected chi connectivity index (χ4v) is 8.14. The van der Waals surface area contributed by atoms with Crippen molar-refractivity contribution in [3.05, 3.63) is 39.8 Å². The van der Waals surface area contributed by atoms with Crippen molar-refractivity contribution >= 4 is 43.2 Å². The van der Waals surface area contributed by atoms with Crippen molar-refractivity contribution in [2.24, 2.45) is 11.8 Å². The molecule has 1 saturated heterocycles. The molecule has 1 fully saturated rings. The van der Waals surface area contributed by atoms with E-state index in [9.17, 15) is 18.0 Å². The summed E-state index contributed by atoms with van der Waals surface area (Å²) in [4.78, 5) is 31.2. The molecule has 1 amide bonds. The van der Waals surface area contributed by atoms with Gasteiger partial charge in [0.2, 0.25) is 22.7 Å². The molecule has 2 aliphatic rings. The number of aromatic nitrogens is 2. The maximum atomic E-state index is 13.6. The van der Waals surface area contributed by atoms with E-state index in [2.05, 4.69) is 10.3 Å². The summed E-state index contributed by atoms with van der Waals surface area (Å²) < 4.78 is 40.5. The number of amides is 1. The second kappa shape index (κ2) is 8.92. The summed E-state index contributed by atoms with van der Waals surface area (Å²) in [5.41, 5.74) is -0.0683. The fraction of sp³-hybridized carbons (Fsp3) is 0.435. The average Bonchev–Trinajstić information content (AvgIpc) is 3.39. The van der Waals surface area contributed by atoms with Crippen LogP contribution in [0.5, 0.6) is 11.5 Å². The number of fused-ring (bicyclic) bond motifs is 2. The Balaban J connectivity index is 1.45. The van der Waals surface area contributed by atoms with Crippen LogP contribution in [0.25, 0.3) is 10.2 Å². The van der Waals surface area contributed by atoms with Crippen LogP contribution in [0.1, 0.15) is 25.1 Å². The van der Waals surface area contributed by atoms with E-state index in [1.165, 1.54) is 22.0 Å². The highest BCUT2D eigenvalue weighted by Crippen LogP contribution is 2.36. The summed E-state index contributed by atoms with van der Waals surface area (Å²) in [5.74, 6) is 1.12. The number of piperidine rings is 1. The number of nitrogens with zero attached hydrogens (tertiary/aromatic N) is 3. The molecule has 3 aromatic rings. The molecule has 0 spiro atoms. The molecule has 12 heteroatoms. The predicted molar refractivity (Wildman–Crippen MR) is 132 cm³/mol. The van der Waals surface area contributed by atoms with Crippen molar-refractivity contribution in [1.29, 1.82) is 0 Å². The standard InChI is InChI=1S/C23H26N4O6S2/c1-13-6-14(2)9-27(8-13)35(30,31)21-15(3)34-22-20(21)23(29)26(11-24-22)10-19(28)25-16-4-5-17-18(7-16)33-12-32-17/h4-5,7,11,13-14H,6,8-10,12H2,1-3H3,(H,25,28)/t13-,14-/m0/s1. The lowest BCUT2D eigenvalue weighted by molar-refractivity contribution is -0.116. The second-order valence-electron chi connectivity index (χ2n) is 9.23. The number of ether oxygens (including phenoxy) is 2. The molecule has 0 bridgehead atoms. The van der Waals surface area contributed by atoms with E-state index in [0.717, 1.165) is 11.0 Å². The first kappa shape index (κ1) is 23.8. The van der Waals surface area contributed by atoms with Crippen LogP contribution in [-0.4, -0.2) is 48.1 Å². The summed E-state index contributed by atoms with van der Waals surface area (Å²) in [6, 6.07) is 4.99. The molecule has 1 N–H and O–H groups in total. The number of aryl methyl sites for hydroxylation is 1. The van der Waals surface area contributed by atoms with Gasteiger partial charge in [-0.15, -0.1) is 11.3 Å². The Morgan fingerprint density at radius 2 is 1.91 bits per heavy atom. The first-order chi connectivity index (χ1) is 16.6. The van der Waals surface area contributed by atoms with Gasteiger partial charge < -0.3 is 14.8 Å². The number of nitrogens with one attached hydrogen (secondary N) is 1. The zero-order chi connectivity index (χ0) is 24.9. The smallest absolute Gasteiger partial charge is 0.263 e. The fourth-order valence-electron chi connectivity index (χ4n) is 4.80. The van der Waals surface area contributed by atoms with E-state index in [4.69, 9.17) is 9.47 Å². The first-order valence-corrected chi connectivity index (χ1v) is 13.6. The van der Waals surface area contributed by atoms with E-state index < -0.39 is 21.5 Å². The molecular weight excluding hydrogens is 492 g/mol. The Morgan fingerprint density at radius 3 is 2.66 bits per heavy atom. The number of thiophene rings is 1. The van der Waals surface area contributed by atoms with Gasteiger partial charge in [0, 0.05) is 29.7 Å². The Hall–Kier alpha value is -2.96. The molecule has 186 valence electrons. The maximum Gasteiger partial charge on any atom is 0.263 e. The van der Waals surface area contributed by atoms with Gasteiger partial charge in [-0.05, 0) is 37.3 Å². The van der Waals surface area contributed by atoms with Gasteiger partial charge >= 0.3 is 0 Å². The summed E-state index contributed by atoms with van der Waals surface area (Å²) >= 11 is 1.17. The largest absolute Gasteiger partial charge is 0.454 e. The third kappa shape index (κ3) is 4.41. The van der Waals surface area contributed by atoms with Crippen LogP contribution in [0.15, 0.2) is 34.2 Å². The molecule has 4 heterocycles. The molecule has 2 aromatic heterocycles. The van der Waals surface area contributed by atoms with E-state index in [0.29, 0.717) is 40.0 Å². The van der Waals surface area contributed by atoms with Crippen LogP contribution in [0.3, 0.4) is 0 Å². The van der Waals surface area contributed by atoms with Gasteiger partial charge in [0.25, 0.3) is 5.56 Å². The summed E-state index contributed by atoms with van der Waals surface area (Å²) in [6.07, 6.45) is 2.24. The Kier molecular flexibility index (Phi) is 6.06. The molecule has 0 aliphatic carbocycles. The van der Waals surface area contributed by atoms with Crippen LogP contribution < -0.4 is 20.3 Å². The lowest BCUT2D eigenvalue weighted by atomic mass is 9.94. The quantitative estimate of drug-likeness (QED) is 0.551. The molecule has 0 saturated carbocycles. The van der Waals surface area contributed by atoms with E-state index in [-0.39, 0.29) is 35.5 Å². The first-order valence-electron chi connectivity index (χ1n) is 11.3. The van der Waals surface area contributed by atoms with Crippen molar-refractivity contribution < 1.29 is 22.7 Å². The predicted octanol–water partition coefficient (Wildman–Crippen LogP) is 2.80. The van der Waals surface area contributed by atoms with Crippen LogP contribution >= 0.6 is 11.3 Å². The molecule has 2 aliphatic heterocycles. The number of carbonyl (C=O) groups excluding carboxylic acids is 1. The Labute approximate surface area is 206 Å². The highest BCUT2D eigenvalue weighted by atomic mass is 32.2. The van der Waals surface area contributed by atoms with Gasteiger partial charge in [0.1, 0.15) is 16.3 Å². The van der Waals surface area contributed by atoms with E-state index in [1.807, 2.05) is 13.8 Å². The van der Waals surface area contributed by atoms with Crippen molar-refractivity contribution in [1.82, 2.24) is 13.9 Å². The van der Waals surface area contributed by atoms with Crippen LogP contribution in [-0.2, 0) is 21.4 Å². The number of sulfonamides is 1. The number of anilines is 1. The number of carbonyl (C=O) groups is 1. The van der Waals surface area contributed by atoms with E-state index >= 15 is 0 Å². The molecule has 35 heavy (non-hydrogen) atoms. The monoisotopic (exact) mass is 518 g/mol.